The van der Waals surface area contributed by atoms with Crippen LogP contribution in [0.25, 0.3) is 0 Å². The van der Waals surface area contributed by atoms with Gasteiger partial charge in [-0.25, -0.2) is 8.42 Å². The Morgan fingerprint density at radius 3 is 2.43 bits per heavy atom. The van der Waals surface area contributed by atoms with Gasteiger partial charge in [0.05, 0.1) is 11.0 Å². The molecule has 2 rings (SSSR count). The molecule has 1 saturated heterocycles. The van der Waals surface area contributed by atoms with Crippen molar-refractivity contribution >= 4 is 9.84 Å². The molecule has 82 valence electrons. The molecule has 0 aromatic carbocycles. The van der Waals surface area contributed by atoms with Crippen LogP contribution in [0.4, 0.5) is 0 Å². The van der Waals surface area contributed by atoms with Crippen molar-refractivity contribution in [3.05, 3.63) is 0 Å². The fourth-order valence-corrected chi connectivity index (χ4v) is 3.36. The summed E-state index contributed by atoms with van der Waals surface area (Å²) < 4.78 is 23.2. The van der Waals surface area contributed by atoms with E-state index in [0.29, 0.717) is 18.3 Å². The van der Waals surface area contributed by atoms with Gasteiger partial charge in [-0.1, -0.05) is 0 Å². The first-order valence-corrected chi connectivity index (χ1v) is 6.93. The number of hydrogen-bond acceptors (Lipinski definition) is 4. The summed E-state index contributed by atoms with van der Waals surface area (Å²) in [5.41, 5.74) is 0. The van der Waals surface area contributed by atoms with Crippen LogP contribution in [0.1, 0.15) is 12.8 Å². The molecule has 1 N–H and O–H groups in total. The van der Waals surface area contributed by atoms with Gasteiger partial charge in [0.1, 0.15) is 0 Å². The molecular weight excluding hydrogens is 200 g/mol. The molecule has 1 heterocycles. The summed E-state index contributed by atoms with van der Waals surface area (Å²) in [7, 11) is -0.754. The molecule has 2 aliphatic rings. The van der Waals surface area contributed by atoms with Crippen LogP contribution in [0.15, 0.2) is 0 Å². The Hall–Kier alpha value is -0.130. The van der Waals surface area contributed by atoms with Gasteiger partial charge in [-0.15, -0.1) is 0 Å². The number of likely N-dealkylation sites (N-methyl/N-ethyl adjacent to an activating group) is 1. The maximum Gasteiger partial charge on any atom is 0.154 e. The summed E-state index contributed by atoms with van der Waals surface area (Å²) >= 11 is 0. The van der Waals surface area contributed by atoms with Crippen molar-refractivity contribution in [1.29, 1.82) is 0 Å². The maximum absolute atomic E-state index is 11.6. The minimum Gasteiger partial charge on any atom is -0.314 e. The third-order valence-corrected chi connectivity index (χ3v) is 5.38. The van der Waals surface area contributed by atoms with Gasteiger partial charge in [0.15, 0.2) is 9.84 Å². The number of rotatable bonds is 5. The Morgan fingerprint density at radius 1 is 1.36 bits per heavy atom. The first-order valence-electron chi connectivity index (χ1n) is 5.22. The Labute approximate surface area is 85.6 Å². The molecule has 0 aromatic rings. The van der Waals surface area contributed by atoms with Crippen LogP contribution in [0.3, 0.4) is 0 Å². The number of hydrogen-bond donors (Lipinski definition) is 1. The highest BCUT2D eigenvalue weighted by atomic mass is 32.2. The zero-order valence-corrected chi connectivity index (χ0v) is 9.39. The smallest absolute Gasteiger partial charge is 0.154 e. The van der Waals surface area contributed by atoms with E-state index in [0.717, 1.165) is 25.9 Å². The van der Waals surface area contributed by atoms with E-state index in [2.05, 4.69) is 10.2 Å². The third kappa shape index (κ3) is 2.27. The minimum absolute atomic E-state index is 0.00424. The summed E-state index contributed by atoms with van der Waals surface area (Å²) in [6, 6.07) is 0.546. The lowest BCUT2D eigenvalue weighted by Crippen LogP contribution is -2.56. The van der Waals surface area contributed by atoms with Gasteiger partial charge in [-0.2, -0.15) is 0 Å². The number of sulfone groups is 1. The average Bonchev–Trinajstić information content (AvgIpc) is 2.79. The van der Waals surface area contributed by atoms with E-state index in [1.165, 1.54) is 0 Å². The van der Waals surface area contributed by atoms with Crippen LogP contribution in [-0.4, -0.2) is 57.0 Å². The second kappa shape index (κ2) is 3.79. The molecule has 4 nitrogen and oxygen atoms in total. The van der Waals surface area contributed by atoms with Gasteiger partial charge in [-0.05, 0) is 19.9 Å². The molecule has 14 heavy (non-hydrogen) atoms. The monoisotopic (exact) mass is 218 g/mol. The molecule has 2 fully saturated rings. The SMILES string of the molecule is CN(CCS(=O)(=O)C1CC1)C1CNC1. The van der Waals surface area contributed by atoms with Crippen molar-refractivity contribution in [3.63, 3.8) is 0 Å². The zero-order valence-electron chi connectivity index (χ0n) is 8.57. The van der Waals surface area contributed by atoms with E-state index in [1.54, 1.807) is 0 Å². The standard InChI is InChI=1S/C9H18N2O2S/c1-11(8-6-10-7-8)4-5-14(12,13)9-2-3-9/h8-10H,2-7H2,1H3. The number of nitrogens with zero attached hydrogens (tertiary/aromatic N) is 1. The van der Waals surface area contributed by atoms with Gasteiger partial charge < -0.3 is 5.32 Å². The normalized spacial score (nSPS) is 23.9. The molecule has 0 bridgehead atoms. The predicted molar refractivity (Wildman–Crippen MR) is 56.1 cm³/mol. The van der Waals surface area contributed by atoms with E-state index in [9.17, 15) is 8.42 Å². The Kier molecular flexibility index (Phi) is 2.81. The second-order valence-corrected chi connectivity index (χ2v) is 6.76. The lowest BCUT2D eigenvalue weighted by Gasteiger charge is -2.35. The van der Waals surface area contributed by atoms with E-state index in [1.807, 2.05) is 7.05 Å². The van der Waals surface area contributed by atoms with Crippen molar-refractivity contribution in [3.8, 4) is 0 Å². The molecule has 1 aliphatic carbocycles. The fraction of sp³-hybridized carbons (Fsp3) is 1.00. The summed E-state index contributed by atoms with van der Waals surface area (Å²) in [5.74, 6) is 0.338. The van der Waals surface area contributed by atoms with E-state index < -0.39 is 9.84 Å². The van der Waals surface area contributed by atoms with Crippen molar-refractivity contribution in [2.75, 3.05) is 32.4 Å². The minimum atomic E-state index is -2.76. The second-order valence-electron chi connectivity index (χ2n) is 4.36. The summed E-state index contributed by atoms with van der Waals surface area (Å²) in [6.45, 7) is 2.69. The highest BCUT2D eigenvalue weighted by Crippen LogP contribution is 2.28. The summed E-state index contributed by atoms with van der Waals surface area (Å²) in [6.07, 6.45) is 1.77. The first-order chi connectivity index (χ1) is 6.59. The van der Waals surface area contributed by atoms with Gasteiger partial charge in [0, 0.05) is 25.7 Å². The molecule has 0 amide bonds. The summed E-state index contributed by atoms with van der Waals surface area (Å²) in [5, 5.41) is 3.18. The van der Waals surface area contributed by atoms with Crippen LogP contribution in [0.2, 0.25) is 0 Å². The molecule has 0 radical (unpaired) electrons. The van der Waals surface area contributed by atoms with Crippen LogP contribution in [0.5, 0.6) is 0 Å². The Balaban J connectivity index is 1.75. The lowest BCUT2D eigenvalue weighted by molar-refractivity contribution is 0.189. The first kappa shape index (κ1) is 10.4. The fourth-order valence-electron chi connectivity index (χ4n) is 1.63. The van der Waals surface area contributed by atoms with Crippen molar-refractivity contribution < 1.29 is 8.42 Å². The largest absolute Gasteiger partial charge is 0.314 e. The topological polar surface area (TPSA) is 49.4 Å². The predicted octanol–water partition coefficient (Wildman–Crippen LogP) is -0.533. The molecule has 0 unspecified atom stereocenters. The molecule has 1 aliphatic heterocycles. The van der Waals surface area contributed by atoms with Gasteiger partial charge in [-0.3, -0.25) is 4.90 Å². The Morgan fingerprint density at radius 2 is 2.00 bits per heavy atom. The van der Waals surface area contributed by atoms with Gasteiger partial charge in [0.2, 0.25) is 0 Å². The molecule has 0 spiro atoms. The third-order valence-electron chi connectivity index (χ3n) is 3.14. The quantitative estimate of drug-likeness (QED) is 0.674. The van der Waals surface area contributed by atoms with Gasteiger partial charge >= 0.3 is 0 Å². The Bertz CT molecular complexity index is 294. The molecule has 1 saturated carbocycles. The summed E-state index contributed by atoms with van der Waals surface area (Å²) in [4.78, 5) is 2.15. The van der Waals surface area contributed by atoms with Crippen LogP contribution in [-0.2, 0) is 9.84 Å². The lowest BCUT2D eigenvalue weighted by atomic mass is 10.1. The highest BCUT2D eigenvalue weighted by Gasteiger charge is 2.35. The van der Waals surface area contributed by atoms with Crippen LogP contribution >= 0.6 is 0 Å². The average molecular weight is 218 g/mol. The zero-order chi connectivity index (χ0) is 10.2. The van der Waals surface area contributed by atoms with Crippen LogP contribution < -0.4 is 5.32 Å². The van der Waals surface area contributed by atoms with E-state index in [4.69, 9.17) is 0 Å². The molecule has 0 aromatic heterocycles. The van der Waals surface area contributed by atoms with Crippen molar-refractivity contribution in [2.24, 2.45) is 0 Å². The number of nitrogens with one attached hydrogen (secondary N) is 1. The molecular formula is C9H18N2O2S. The van der Waals surface area contributed by atoms with E-state index in [-0.39, 0.29) is 5.25 Å². The maximum atomic E-state index is 11.6. The highest BCUT2D eigenvalue weighted by molar-refractivity contribution is 7.92. The molecule has 0 atom stereocenters. The van der Waals surface area contributed by atoms with E-state index >= 15 is 0 Å². The van der Waals surface area contributed by atoms with Crippen molar-refractivity contribution in [1.82, 2.24) is 10.2 Å². The van der Waals surface area contributed by atoms with Crippen molar-refractivity contribution in [2.45, 2.75) is 24.1 Å². The van der Waals surface area contributed by atoms with Crippen LogP contribution in [0, 0.1) is 0 Å². The van der Waals surface area contributed by atoms with Gasteiger partial charge in [0.25, 0.3) is 0 Å². The molecule has 5 heteroatoms.